The average Bonchev–Trinajstić information content (AvgIpc) is 3.47. The molecule has 4 heterocycles. The van der Waals surface area contributed by atoms with Gasteiger partial charge in [-0.05, 0) is 69.0 Å². The van der Waals surface area contributed by atoms with Crippen molar-refractivity contribution in [3.05, 3.63) is 71.1 Å². The molecular weight excluding hydrogens is 497 g/mol. The summed E-state index contributed by atoms with van der Waals surface area (Å²) in [4.78, 5) is 32.7. The summed E-state index contributed by atoms with van der Waals surface area (Å²) in [7, 11) is 0. The summed E-state index contributed by atoms with van der Waals surface area (Å²) >= 11 is 0. The molecule has 1 fully saturated rings. The number of hydrogen-bond acceptors (Lipinski definition) is 5. The van der Waals surface area contributed by atoms with Gasteiger partial charge in [0.25, 0.3) is 5.91 Å². The van der Waals surface area contributed by atoms with Gasteiger partial charge >= 0.3 is 0 Å². The Labute approximate surface area is 228 Å². The predicted molar refractivity (Wildman–Crippen MR) is 148 cm³/mol. The fraction of sp³-hybridized carbons (Fsp3) is 0.414. The number of nitrogens with one attached hydrogen (secondary N) is 1. The number of aryl methyl sites for hydroxylation is 2. The fourth-order valence-electron chi connectivity index (χ4n) is 4.60. The van der Waals surface area contributed by atoms with E-state index in [9.17, 15) is 14.0 Å². The van der Waals surface area contributed by atoms with Gasteiger partial charge in [0, 0.05) is 36.5 Å². The van der Waals surface area contributed by atoms with E-state index in [1.807, 2.05) is 40.0 Å². The highest BCUT2D eigenvalue weighted by Gasteiger charge is 2.38. The topological polar surface area (TPSA) is 99.5 Å². The summed E-state index contributed by atoms with van der Waals surface area (Å²) in [6, 6.07) is 8.14. The van der Waals surface area contributed by atoms with E-state index in [-0.39, 0.29) is 17.1 Å². The number of nitrogens with zero attached hydrogens (tertiary/aromatic N) is 6. The predicted octanol–water partition coefficient (Wildman–Crippen LogP) is 4.55. The number of fused-ring (bicyclic) bond motifs is 1. The lowest BCUT2D eigenvalue weighted by atomic mass is 9.87. The minimum Gasteiger partial charge on any atom is -0.341 e. The van der Waals surface area contributed by atoms with Crippen molar-refractivity contribution >= 4 is 18.0 Å². The summed E-state index contributed by atoms with van der Waals surface area (Å²) in [6.45, 7) is 15.6. The first-order valence-electron chi connectivity index (χ1n) is 12.9. The van der Waals surface area contributed by atoms with Crippen LogP contribution >= 0.6 is 0 Å². The van der Waals surface area contributed by atoms with Crippen molar-refractivity contribution in [3.8, 4) is 11.3 Å². The second-order valence-corrected chi connectivity index (χ2v) is 11.6. The largest absolute Gasteiger partial charge is 0.341 e. The van der Waals surface area contributed by atoms with E-state index in [0.717, 1.165) is 23.2 Å². The number of aromatic amines is 1. The molecule has 1 aromatic carbocycles. The van der Waals surface area contributed by atoms with Gasteiger partial charge in [-0.1, -0.05) is 20.8 Å². The Morgan fingerprint density at radius 1 is 1.13 bits per heavy atom. The standard InChI is InChI=1S/C24H28FN5O2.C5H8N2/c1-23(2,3)18-12-19(16-6-8-17(25)9-7-16)27-30-13-20(26-21(18)30)22(32)29-11-10-28(15-31)14-24(29,4)5;1-4-3-6-7-5(4)2/h6-9,12-13,15H,10-11,14H2,1-5H3;3H,1-2H3,(H,6,7). The summed E-state index contributed by atoms with van der Waals surface area (Å²) in [5, 5.41) is 11.3. The molecule has 5 rings (SSSR count). The zero-order valence-corrected chi connectivity index (χ0v) is 23.6. The van der Waals surface area contributed by atoms with Crippen molar-refractivity contribution < 1.29 is 14.0 Å². The highest BCUT2D eigenvalue weighted by atomic mass is 19.1. The van der Waals surface area contributed by atoms with Crippen molar-refractivity contribution in [2.24, 2.45) is 0 Å². The third-order valence-corrected chi connectivity index (χ3v) is 7.00. The quantitative estimate of drug-likeness (QED) is 0.390. The number of aromatic nitrogens is 5. The van der Waals surface area contributed by atoms with Crippen LogP contribution in [0.2, 0.25) is 0 Å². The molecule has 3 aromatic heterocycles. The van der Waals surface area contributed by atoms with Gasteiger partial charge < -0.3 is 9.80 Å². The normalized spacial score (nSPS) is 15.2. The highest BCUT2D eigenvalue weighted by molar-refractivity contribution is 5.93. The van der Waals surface area contributed by atoms with Crippen LogP contribution in [0.4, 0.5) is 4.39 Å². The summed E-state index contributed by atoms with van der Waals surface area (Å²) < 4.78 is 15.0. The molecule has 0 bridgehead atoms. The van der Waals surface area contributed by atoms with Crippen molar-refractivity contribution in [1.29, 1.82) is 0 Å². The van der Waals surface area contributed by atoms with Crippen molar-refractivity contribution in [2.45, 2.75) is 59.4 Å². The lowest BCUT2D eigenvalue weighted by molar-refractivity contribution is -0.122. The van der Waals surface area contributed by atoms with Gasteiger partial charge in [0.1, 0.15) is 11.5 Å². The van der Waals surface area contributed by atoms with E-state index in [1.54, 1.807) is 32.6 Å². The van der Waals surface area contributed by atoms with E-state index in [2.05, 4.69) is 41.1 Å². The number of hydrogen-bond donors (Lipinski definition) is 1. The van der Waals surface area contributed by atoms with Crippen molar-refractivity contribution in [2.75, 3.05) is 19.6 Å². The van der Waals surface area contributed by atoms with Crippen LogP contribution < -0.4 is 0 Å². The Hall–Kier alpha value is -4.08. The van der Waals surface area contributed by atoms with Gasteiger partial charge in [0.15, 0.2) is 5.65 Å². The Morgan fingerprint density at radius 3 is 2.33 bits per heavy atom. The molecule has 9 nitrogen and oxygen atoms in total. The number of halogens is 1. The molecule has 0 unspecified atom stereocenters. The Morgan fingerprint density at radius 2 is 1.82 bits per heavy atom. The van der Waals surface area contributed by atoms with Gasteiger partial charge in [-0.3, -0.25) is 14.7 Å². The van der Waals surface area contributed by atoms with Crippen LogP contribution in [0.3, 0.4) is 0 Å². The molecule has 0 saturated carbocycles. The number of carbonyl (C=O) groups is 2. The second-order valence-electron chi connectivity index (χ2n) is 11.6. The zero-order chi connectivity index (χ0) is 28.5. The molecule has 0 atom stereocenters. The number of rotatable bonds is 3. The van der Waals surface area contributed by atoms with Crippen molar-refractivity contribution in [1.82, 2.24) is 34.6 Å². The molecule has 1 aliphatic rings. The third kappa shape index (κ3) is 6.00. The highest BCUT2D eigenvalue weighted by Crippen LogP contribution is 2.30. The van der Waals surface area contributed by atoms with Crippen LogP contribution in [0, 0.1) is 19.7 Å². The van der Waals surface area contributed by atoms with Gasteiger partial charge in [0.2, 0.25) is 6.41 Å². The van der Waals surface area contributed by atoms with E-state index in [0.29, 0.717) is 36.7 Å². The van der Waals surface area contributed by atoms with Gasteiger partial charge in [-0.2, -0.15) is 10.2 Å². The first kappa shape index (κ1) is 27.9. The number of piperazine rings is 1. The lowest BCUT2D eigenvalue weighted by Crippen LogP contribution is -2.60. The molecule has 4 aromatic rings. The maximum absolute atomic E-state index is 13.4. The average molecular weight is 534 g/mol. The smallest absolute Gasteiger partial charge is 0.274 e. The van der Waals surface area contributed by atoms with E-state index in [1.165, 1.54) is 17.7 Å². The zero-order valence-electron chi connectivity index (χ0n) is 23.6. The lowest BCUT2D eigenvalue weighted by Gasteiger charge is -2.45. The minimum atomic E-state index is -0.508. The summed E-state index contributed by atoms with van der Waals surface area (Å²) in [5.74, 6) is -0.493. The molecule has 0 aliphatic carbocycles. The van der Waals surface area contributed by atoms with Crippen LogP contribution in [-0.4, -0.2) is 72.1 Å². The molecule has 206 valence electrons. The molecule has 39 heavy (non-hydrogen) atoms. The SMILES string of the molecule is CC(C)(C)c1cc(-c2ccc(F)cc2)nn2cc(C(=O)N3CCN(C=O)CC3(C)C)nc12.Cc1cn[nH]c1C. The monoisotopic (exact) mass is 533 g/mol. The fourth-order valence-corrected chi connectivity index (χ4v) is 4.60. The Bertz CT molecular complexity index is 1470. The van der Waals surface area contributed by atoms with E-state index >= 15 is 0 Å². The molecular formula is C29H36FN7O2. The molecule has 1 N–H and O–H groups in total. The van der Waals surface area contributed by atoms with Crippen LogP contribution in [-0.2, 0) is 10.2 Å². The number of H-pyrrole nitrogens is 1. The molecule has 0 spiro atoms. The number of benzene rings is 1. The minimum absolute atomic E-state index is 0.186. The number of carbonyl (C=O) groups excluding carboxylic acids is 2. The van der Waals surface area contributed by atoms with E-state index in [4.69, 9.17) is 0 Å². The number of amides is 2. The molecule has 10 heteroatoms. The summed E-state index contributed by atoms with van der Waals surface area (Å²) in [6.07, 6.45) is 4.29. The number of imidazole rings is 1. The molecule has 2 amide bonds. The maximum atomic E-state index is 13.4. The molecule has 1 aliphatic heterocycles. The first-order chi connectivity index (χ1) is 18.3. The van der Waals surface area contributed by atoms with Crippen LogP contribution in [0.5, 0.6) is 0 Å². The van der Waals surface area contributed by atoms with Crippen LogP contribution in [0.1, 0.15) is 61.9 Å². The van der Waals surface area contributed by atoms with E-state index < -0.39 is 5.54 Å². The van der Waals surface area contributed by atoms with Gasteiger partial charge in [-0.25, -0.2) is 13.9 Å². The first-order valence-corrected chi connectivity index (χ1v) is 12.9. The molecule has 0 radical (unpaired) electrons. The Kier molecular flexibility index (Phi) is 7.59. The van der Waals surface area contributed by atoms with Crippen molar-refractivity contribution in [3.63, 3.8) is 0 Å². The second kappa shape index (κ2) is 10.6. The van der Waals surface area contributed by atoms with Gasteiger partial charge in [-0.15, -0.1) is 0 Å². The Balaban J connectivity index is 0.000000438. The van der Waals surface area contributed by atoms with Crippen LogP contribution in [0.15, 0.2) is 42.7 Å². The van der Waals surface area contributed by atoms with Gasteiger partial charge in [0.05, 0.1) is 23.6 Å². The van der Waals surface area contributed by atoms with Crippen LogP contribution in [0.25, 0.3) is 16.9 Å². The third-order valence-electron chi connectivity index (χ3n) is 7.00. The summed E-state index contributed by atoms with van der Waals surface area (Å²) in [5.41, 5.74) is 4.95. The molecule has 1 saturated heterocycles. The maximum Gasteiger partial charge on any atom is 0.274 e.